The van der Waals surface area contributed by atoms with Crippen LogP contribution >= 0.6 is 23.7 Å². The lowest BCUT2D eigenvalue weighted by atomic mass is 10.0. The minimum Gasteiger partial charge on any atom is -0.484 e. The monoisotopic (exact) mass is 614 g/mol. The van der Waals surface area contributed by atoms with E-state index in [0.29, 0.717) is 11.5 Å². The lowest BCUT2D eigenvalue weighted by Gasteiger charge is -2.32. The molecular weight excluding hydrogens is 585 g/mol. The molecule has 3 aromatic rings. The van der Waals surface area contributed by atoms with Gasteiger partial charge in [0.05, 0.1) is 22.6 Å². The van der Waals surface area contributed by atoms with Gasteiger partial charge in [-0.25, -0.2) is 4.79 Å². The topological polar surface area (TPSA) is 97.2 Å². The fourth-order valence-corrected chi connectivity index (χ4v) is 5.38. The Balaban J connectivity index is 0.00000462. The van der Waals surface area contributed by atoms with E-state index in [1.807, 2.05) is 0 Å². The van der Waals surface area contributed by atoms with Crippen molar-refractivity contribution in [2.75, 3.05) is 45.7 Å². The number of anilines is 2. The van der Waals surface area contributed by atoms with E-state index in [0.717, 1.165) is 49.1 Å². The number of esters is 1. The van der Waals surface area contributed by atoms with Gasteiger partial charge in [0, 0.05) is 50.4 Å². The maximum absolute atomic E-state index is 13.6. The maximum Gasteiger partial charge on any atom is 0.416 e. The highest BCUT2D eigenvalue weighted by Gasteiger charge is 2.35. The molecule has 0 unspecified atom stereocenters. The molecule has 14 heteroatoms. The van der Waals surface area contributed by atoms with E-state index in [2.05, 4.69) is 22.2 Å². The Morgan fingerprint density at radius 3 is 2.46 bits per heavy atom. The molecule has 1 fully saturated rings. The Morgan fingerprint density at radius 1 is 1.15 bits per heavy atom. The van der Waals surface area contributed by atoms with Crippen LogP contribution in [-0.2, 0) is 17.5 Å². The molecule has 222 valence electrons. The maximum atomic E-state index is 13.6. The standard InChI is InChI=1S/C27H29F3N4O5S.ClH/c1-17(19-6-4-5-7-20(19)27(28,29)30)39-23-15-24(40-25(23)26(35)38-3)31-21-14-18(8-9-22(21)34(36)37)16-33-12-10-32(2)11-13-33;/h4-9,14-15,17,31H,10-13,16H2,1-3H3;1H/t17-;/m1./s1. The zero-order chi connectivity index (χ0) is 29.0. The van der Waals surface area contributed by atoms with Gasteiger partial charge in [-0.3, -0.25) is 15.0 Å². The Labute approximate surface area is 245 Å². The highest BCUT2D eigenvalue weighted by atomic mass is 35.5. The Hall–Kier alpha value is -3.39. The molecule has 1 atom stereocenters. The van der Waals surface area contributed by atoms with Gasteiger partial charge in [0.1, 0.15) is 17.5 Å². The number of alkyl halides is 3. The average Bonchev–Trinajstić information content (AvgIpc) is 3.30. The van der Waals surface area contributed by atoms with Gasteiger partial charge >= 0.3 is 12.1 Å². The van der Waals surface area contributed by atoms with E-state index in [-0.39, 0.29) is 40.0 Å². The second-order valence-electron chi connectivity index (χ2n) is 9.45. The van der Waals surface area contributed by atoms with E-state index in [9.17, 15) is 28.1 Å². The van der Waals surface area contributed by atoms with Crippen molar-refractivity contribution < 1.29 is 32.4 Å². The SMILES string of the molecule is COC(=O)c1sc(Nc2cc(CN3CCN(C)CC3)ccc2[N+](=O)[O-])cc1O[C@H](C)c1ccccc1C(F)(F)F.Cl. The van der Waals surface area contributed by atoms with Crippen molar-refractivity contribution in [1.29, 1.82) is 0 Å². The number of nitro groups is 1. The lowest BCUT2D eigenvalue weighted by Crippen LogP contribution is -2.43. The lowest BCUT2D eigenvalue weighted by molar-refractivity contribution is -0.383. The number of methoxy groups -OCH3 is 1. The van der Waals surface area contributed by atoms with Crippen LogP contribution in [0.3, 0.4) is 0 Å². The first-order chi connectivity index (χ1) is 19.0. The Kier molecular flexibility index (Phi) is 10.6. The fraction of sp³-hybridized carbons (Fsp3) is 0.370. The second-order valence-corrected chi connectivity index (χ2v) is 10.5. The molecule has 4 rings (SSSR count). The van der Waals surface area contributed by atoms with E-state index < -0.39 is 28.7 Å². The number of hydrogen-bond acceptors (Lipinski definition) is 9. The number of nitrogens with one attached hydrogen (secondary N) is 1. The number of rotatable bonds is 9. The third-order valence-corrected chi connectivity index (χ3v) is 7.61. The molecule has 41 heavy (non-hydrogen) atoms. The molecule has 1 aliphatic rings. The van der Waals surface area contributed by atoms with Crippen molar-refractivity contribution in [2.24, 2.45) is 0 Å². The van der Waals surface area contributed by atoms with E-state index in [4.69, 9.17) is 9.47 Å². The highest BCUT2D eigenvalue weighted by Crippen LogP contribution is 2.41. The molecule has 0 saturated carbocycles. The second kappa shape index (κ2) is 13.5. The number of hydrogen-bond donors (Lipinski definition) is 1. The summed E-state index contributed by atoms with van der Waals surface area (Å²) in [5, 5.41) is 15.1. The van der Waals surface area contributed by atoms with E-state index in [1.165, 1.54) is 44.4 Å². The van der Waals surface area contributed by atoms with Crippen LogP contribution in [0.25, 0.3) is 0 Å². The van der Waals surface area contributed by atoms with Gasteiger partial charge in [0.15, 0.2) is 4.88 Å². The van der Waals surface area contributed by atoms with E-state index >= 15 is 0 Å². The van der Waals surface area contributed by atoms with Gasteiger partial charge in [-0.1, -0.05) is 24.3 Å². The van der Waals surface area contributed by atoms with Crippen molar-refractivity contribution in [2.45, 2.75) is 25.7 Å². The van der Waals surface area contributed by atoms with Crippen LogP contribution in [0.2, 0.25) is 0 Å². The molecule has 9 nitrogen and oxygen atoms in total. The van der Waals surface area contributed by atoms with Crippen molar-refractivity contribution in [1.82, 2.24) is 9.80 Å². The van der Waals surface area contributed by atoms with Crippen molar-refractivity contribution in [3.63, 3.8) is 0 Å². The van der Waals surface area contributed by atoms with Crippen LogP contribution < -0.4 is 10.1 Å². The normalized spacial score (nSPS) is 15.1. The summed E-state index contributed by atoms with van der Waals surface area (Å²) in [6.45, 7) is 5.67. The minimum atomic E-state index is -4.59. The molecule has 0 spiro atoms. The van der Waals surface area contributed by atoms with Gasteiger partial charge in [0.2, 0.25) is 0 Å². The predicted octanol–water partition coefficient (Wildman–Crippen LogP) is 6.51. The molecule has 1 saturated heterocycles. The zero-order valence-corrected chi connectivity index (χ0v) is 24.2. The fourth-order valence-electron chi connectivity index (χ4n) is 4.46. The van der Waals surface area contributed by atoms with Crippen molar-refractivity contribution in [3.05, 3.63) is 80.2 Å². The summed E-state index contributed by atoms with van der Waals surface area (Å²) in [6.07, 6.45) is -5.65. The van der Waals surface area contributed by atoms with Crippen molar-refractivity contribution in [3.8, 4) is 5.75 Å². The number of nitrogens with zero attached hydrogens (tertiary/aromatic N) is 3. The third kappa shape index (κ3) is 7.88. The number of thiophene rings is 1. The highest BCUT2D eigenvalue weighted by molar-refractivity contribution is 7.18. The van der Waals surface area contributed by atoms with Crippen LogP contribution in [0.5, 0.6) is 5.75 Å². The number of likely N-dealkylation sites (N-methyl/N-ethyl adjacent to an activating group) is 1. The number of piperazine rings is 1. The molecule has 0 radical (unpaired) electrons. The molecule has 1 N–H and O–H groups in total. The van der Waals surface area contributed by atoms with Gasteiger partial charge in [-0.15, -0.1) is 23.7 Å². The first-order valence-electron chi connectivity index (χ1n) is 12.5. The number of benzene rings is 2. The van der Waals surface area contributed by atoms with Crippen molar-refractivity contribution >= 4 is 46.1 Å². The first-order valence-corrected chi connectivity index (χ1v) is 13.3. The van der Waals surface area contributed by atoms with Crippen LogP contribution in [0, 0.1) is 10.1 Å². The summed E-state index contributed by atoms with van der Waals surface area (Å²) in [4.78, 5) is 28.3. The van der Waals surface area contributed by atoms with Crippen LogP contribution in [0.4, 0.5) is 29.5 Å². The number of ether oxygens (including phenoxy) is 2. The van der Waals surface area contributed by atoms with E-state index in [1.54, 1.807) is 12.1 Å². The predicted molar refractivity (Wildman–Crippen MR) is 153 cm³/mol. The minimum absolute atomic E-state index is 0. The number of carbonyl (C=O) groups is 1. The van der Waals surface area contributed by atoms with Crippen LogP contribution in [-0.4, -0.2) is 61.0 Å². The van der Waals surface area contributed by atoms with Gasteiger partial charge in [-0.05, 0) is 31.7 Å². The average molecular weight is 615 g/mol. The molecular formula is C27H30ClF3N4O5S. The number of nitro benzene ring substituents is 1. The molecule has 0 bridgehead atoms. The largest absolute Gasteiger partial charge is 0.484 e. The van der Waals surface area contributed by atoms with Gasteiger partial charge < -0.3 is 19.7 Å². The van der Waals surface area contributed by atoms with Crippen LogP contribution in [0.15, 0.2) is 48.5 Å². The first kappa shape index (κ1) is 32.1. The summed E-state index contributed by atoms with van der Waals surface area (Å²) in [6, 6.07) is 11.3. The van der Waals surface area contributed by atoms with Crippen LogP contribution in [0.1, 0.15) is 39.4 Å². The molecule has 0 aliphatic carbocycles. The summed E-state index contributed by atoms with van der Waals surface area (Å²) >= 11 is 0.925. The third-order valence-electron chi connectivity index (χ3n) is 6.59. The summed E-state index contributed by atoms with van der Waals surface area (Å²) < 4.78 is 51.4. The smallest absolute Gasteiger partial charge is 0.416 e. The summed E-state index contributed by atoms with van der Waals surface area (Å²) in [5.41, 5.74) is -0.0140. The Morgan fingerprint density at radius 2 is 1.83 bits per heavy atom. The molecule has 0 amide bonds. The quantitative estimate of drug-likeness (QED) is 0.165. The zero-order valence-electron chi connectivity index (χ0n) is 22.6. The molecule has 1 aromatic heterocycles. The molecule has 1 aliphatic heterocycles. The number of halogens is 4. The Bertz CT molecular complexity index is 1380. The molecule has 2 aromatic carbocycles. The van der Waals surface area contributed by atoms with Gasteiger partial charge in [-0.2, -0.15) is 13.2 Å². The van der Waals surface area contributed by atoms with Gasteiger partial charge in [0.25, 0.3) is 5.69 Å². The number of carbonyl (C=O) groups excluding carboxylic acids is 1. The molecule has 2 heterocycles. The summed E-state index contributed by atoms with van der Waals surface area (Å²) in [7, 11) is 3.23. The summed E-state index contributed by atoms with van der Waals surface area (Å²) in [5.74, 6) is -0.747.